The maximum absolute atomic E-state index is 13.2. The van der Waals surface area contributed by atoms with E-state index in [0.29, 0.717) is 25.7 Å². The molecule has 0 bridgehead atoms. The number of carbonyl (C=O) groups is 4. The molecule has 3 unspecified atom stereocenters. The molecule has 0 fully saturated rings. The van der Waals surface area contributed by atoms with Crippen LogP contribution in [0.2, 0.25) is 0 Å². The maximum Gasteiger partial charge on any atom is 0.472 e. The molecule has 0 saturated heterocycles. The third-order valence-electron chi connectivity index (χ3n) is 21.2. The summed E-state index contributed by atoms with van der Waals surface area (Å²) >= 11 is 0. The Kier molecular flexibility index (Phi) is 77.5. The summed E-state index contributed by atoms with van der Waals surface area (Å²) in [6.07, 6.45) is 70.9. The number of unbranched alkanes of at least 4 members (excludes halogenated alkanes) is 54. The Morgan fingerprint density at radius 2 is 0.472 bits per heavy atom. The number of phosphoric acid groups is 2. The summed E-state index contributed by atoms with van der Waals surface area (Å²) < 4.78 is 69.0. The lowest BCUT2D eigenvalue weighted by Crippen LogP contribution is -2.30. The zero-order valence-electron chi connectivity index (χ0n) is 71.3. The van der Waals surface area contributed by atoms with Crippen molar-refractivity contribution in [2.24, 2.45) is 17.8 Å². The summed E-state index contributed by atoms with van der Waals surface area (Å²) in [5.74, 6) is 0.320. The number of hydrogen-bond acceptors (Lipinski definition) is 15. The molecule has 108 heavy (non-hydrogen) atoms. The average molecular weight is 1580 g/mol. The predicted molar refractivity (Wildman–Crippen MR) is 446 cm³/mol. The number of aliphatic hydroxyl groups is 1. The highest BCUT2D eigenvalue weighted by molar-refractivity contribution is 7.47. The number of ether oxygens (including phenoxy) is 4. The minimum Gasteiger partial charge on any atom is -0.462 e. The van der Waals surface area contributed by atoms with Crippen LogP contribution in [0.5, 0.6) is 0 Å². The smallest absolute Gasteiger partial charge is 0.462 e. The quantitative estimate of drug-likeness (QED) is 0.0222. The SMILES string of the molecule is CCCCCCCCCCCCCCCCC(=O)O[C@H](COC(=O)CCCCCCCCCCC(C)C)COP(=O)(O)OC[C@H](O)COP(=O)(O)OC[C@@H](COC(=O)CCCCCCCCCCCCCCCCCCCCC(C)C)OC(=O)CCCCCCCCCCCCCCCCCCCCC(C)CC. The van der Waals surface area contributed by atoms with Gasteiger partial charge >= 0.3 is 39.5 Å². The molecule has 17 nitrogen and oxygen atoms in total. The van der Waals surface area contributed by atoms with Gasteiger partial charge in [-0.15, -0.1) is 0 Å². The van der Waals surface area contributed by atoms with E-state index in [1.54, 1.807) is 0 Å². The highest BCUT2D eigenvalue weighted by atomic mass is 31.2. The van der Waals surface area contributed by atoms with E-state index < -0.39 is 97.5 Å². The van der Waals surface area contributed by atoms with Crippen molar-refractivity contribution in [2.75, 3.05) is 39.6 Å². The number of hydrogen-bond donors (Lipinski definition) is 3. The van der Waals surface area contributed by atoms with E-state index in [9.17, 15) is 43.2 Å². The van der Waals surface area contributed by atoms with Gasteiger partial charge in [0.05, 0.1) is 26.4 Å². The van der Waals surface area contributed by atoms with Gasteiger partial charge < -0.3 is 33.8 Å². The largest absolute Gasteiger partial charge is 0.472 e. The van der Waals surface area contributed by atoms with Crippen molar-refractivity contribution >= 4 is 39.5 Å². The molecular weight excluding hydrogens is 1400 g/mol. The lowest BCUT2D eigenvalue weighted by atomic mass is 9.99. The Bertz CT molecular complexity index is 2080. The molecule has 642 valence electrons. The van der Waals surface area contributed by atoms with E-state index in [-0.39, 0.29) is 25.7 Å². The molecule has 0 aliphatic carbocycles. The van der Waals surface area contributed by atoms with Gasteiger partial charge in [0.25, 0.3) is 0 Å². The maximum atomic E-state index is 13.2. The van der Waals surface area contributed by atoms with Crippen LogP contribution >= 0.6 is 15.6 Å². The van der Waals surface area contributed by atoms with Gasteiger partial charge in [-0.05, 0) is 43.4 Å². The first-order chi connectivity index (χ1) is 52.3. The molecule has 0 spiro atoms. The van der Waals surface area contributed by atoms with Crippen molar-refractivity contribution in [1.82, 2.24) is 0 Å². The van der Waals surface area contributed by atoms with Gasteiger partial charge in [0.15, 0.2) is 12.2 Å². The summed E-state index contributed by atoms with van der Waals surface area (Å²) in [5.41, 5.74) is 0. The zero-order valence-corrected chi connectivity index (χ0v) is 73.1. The topological polar surface area (TPSA) is 237 Å². The van der Waals surface area contributed by atoms with Crippen molar-refractivity contribution < 1.29 is 80.2 Å². The monoisotopic (exact) mass is 1580 g/mol. The third-order valence-corrected chi connectivity index (χ3v) is 23.1. The van der Waals surface area contributed by atoms with E-state index in [2.05, 4.69) is 48.5 Å². The second-order valence-corrected chi connectivity index (χ2v) is 36.1. The predicted octanol–water partition coefficient (Wildman–Crippen LogP) is 27.3. The molecule has 0 aromatic rings. The molecule has 3 N–H and O–H groups in total. The van der Waals surface area contributed by atoms with Crippen LogP contribution in [0.3, 0.4) is 0 Å². The average Bonchev–Trinajstić information content (AvgIpc) is 0.904. The summed E-state index contributed by atoms with van der Waals surface area (Å²) in [6.45, 7) is 12.1. The summed E-state index contributed by atoms with van der Waals surface area (Å²) in [7, 11) is -9.93. The number of carbonyl (C=O) groups excluding carboxylic acids is 4. The second-order valence-electron chi connectivity index (χ2n) is 33.2. The van der Waals surface area contributed by atoms with E-state index >= 15 is 0 Å². The van der Waals surface area contributed by atoms with Gasteiger partial charge in [-0.2, -0.15) is 0 Å². The number of rotatable bonds is 87. The fraction of sp³-hybridized carbons (Fsp3) is 0.955. The highest BCUT2D eigenvalue weighted by Gasteiger charge is 2.31. The van der Waals surface area contributed by atoms with Gasteiger partial charge in [-0.25, -0.2) is 9.13 Å². The van der Waals surface area contributed by atoms with E-state index in [1.165, 1.54) is 283 Å². The van der Waals surface area contributed by atoms with Gasteiger partial charge in [0.1, 0.15) is 19.3 Å². The Hall–Kier alpha value is -1.94. The van der Waals surface area contributed by atoms with E-state index in [0.717, 1.165) is 108 Å². The lowest BCUT2D eigenvalue weighted by Gasteiger charge is -2.21. The van der Waals surface area contributed by atoms with E-state index in [4.69, 9.17) is 37.0 Å². The molecule has 0 aliphatic rings. The highest BCUT2D eigenvalue weighted by Crippen LogP contribution is 2.45. The van der Waals surface area contributed by atoms with Gasteiger partial charge in [0.2, 0.25) is 0 Å². The van der Waals surface area contributed by atoms with Crippen LogP contribution in [-0.2, 0) is 65.4 Å². The minimum atomic E-state index is -4.97. The molecule has 0 heterocycles. The zero-order chi connectivity index (χ0) is 79.3. The Morgan fingerprint density at radius 3 is 0.704 bits per heavy atom. The first-order valence-electron chi connectivity index (χ1n) is 45.9. The second kappa shape index (κ2) is 78.9. The lowest BCUT2D eigenvalue weighted by molar-refractivity contribution is -0.161. The van der Waals surface area contributed by atoms with Crippen molar-refractivity contribution in [3.63, 3.8) is 0 Å². The number of phosphoric ester groups is 2. The molecule has 0 amide bonds. The van der Waals surface area contributed by atoms with Crippen molar-refractivity contribution in [3.05, 3.63) is 0 Å². The van der Waals surface area contributed by atoms with Crippen molar-refractivity contribution in [1.29, 1.82) is 0 Å². The standard InChI is InChI=1S/C89H174O17P2/c1-8-10-11-12-13-14-15-16-31-37-42-51-58-65-72-88(93)106-85(77-100-87(92)71-64-57-50-45-44-47-54-61-68-81(5)6)79-104-108(97,98)102-75-83(90)74-101-107(95,96)103-78-84(76-99-86(91)70-63-56-49-41-36-32-27-23-19-17-21-25-29-34-39-46-53-60-67-80(3)4)105-89(94)73-66-59-52-43-38-33-28-24-20-18-22-26-30-35-40-48-55-62-69-82(7)9-2/h80-85,90H,8-79H2,1-7H3,(H,95,96)(H,97,98)/t82?,83-,84-,85-/m1/s1. The Labute approximate surface area is 664 Å². The molecule has 0 radical (unpaired) electrons. The molecule has 19 heteroatoms. The molecule has 0 aromatic heterocycles. The molecular formula is C89H174O17P2. The van der Waals surface area contributed by atoms with Gasteiger partial charge in [0, 0.05) is 25.7 Å². The van der Waals surface area contributed by atoms with E-state index in [1.807, 2.05) is 0 Å². The first kappa shape index (κ1) is 106. The van der Waals surface area contributed by atoms with Crippen LogP contribution < -0.4 is 0 Å². The van der Waals surface area contributed by atoms with Gasteiger partial charge in [-0.3, -0.25) is 37.3 Å². The first-order valence-corrected chi connectivity index (χ1v) is 48.9. The molecule has 6 atom stereocenters. The van der Waals surface area contributed by atoms with Gasteiger partial charge in [-0.1, -0.05) is 421 Å². The molecule has 0 aromatic carbocycles. The number of esters is 4. The molecule has 0 aliphatic heterocycles. The van der Waals surface area contributed by atoms with Crippen LogP contribution in [0.4, 0.5) is 0 Å². The van der Waals surface area contributed by atoms with Crippen LogP contribution in [0.1, 0.15) is 472 Å². The van der Waals surface area contributed by atoms with Crippen molar-refractivity contribution in [3.8, 4) is 0 Å². The normalized spacial score (nSPS) is 14.1. The molecule has 0 saturated carbocycles. The van der Waals surface area contributed by atoms with Crippen LogP contribution in [0.25, 0.3) is 0 Å². The Balaban J connectivity index is 5.22. The minimum absolute atomic E-state index is 0.108. The van der Waals surface area contributed by atoms with Crippen molar-refractivity contribution in [2.45, 2.75) is 491 Å². The van der Waals surface area contributed by atoms with Crippen LogP contribution in [0, 0.1) is 17.8 Å². The molecule has 0 rings (SSSR count). The van der Waals surface area contributed by atoms with Crippen LogP contribution in [0.15, 0.2) is 0 Å². The fourth-order valence-corrected chi connectivity index (χ4v) is 15.4. The third kappa shape index (κ3) is 80.7. The Morgan fingerprint density at radius 1 is 0.269 bits per heavy atom. The number of aliphatic hydroxyl groups excluding tert-OH is 1. The summed E-state index contributed by atoms with van der Waals surface area (Å²) in [4.78, 5) is 73.3. The van der Waals surface area contributed by atoms with Crippen LogP contribution in [-0.4, -0.2) is 96.7 Å². The fourth-order valence-electron chi connectivity index (χ4n) is 13.9. The summed E-state index contributed by atoms with van der Waals surface area (Å²) in [6, 6.07) is 0. The summed E-state index contributed by atoms with van der Waals surface area (Å²) in [5, 5.41) is 10.7.